The molecule has 0 aliphatic heterocycles. The molecule has 0 spiro atoms. The van der Waals surface area contributed by atoms with Crippen LogP contribution in [0.3, 0.4) is 0 Å². The minimum absolute atomic E-state index is 0.429. The first-order valence-electron chi connectivity index (χ1n) is 5.80. The molecule has 4 nitrogen and oxygen atoms in total. The highest BCUT2D eigenvalue weighted by Crippen LogP contribution is 2.24. The van der Waals surface area contributed by atoms with Gasteiger partial charge in [-0.2, -0.15) is 0 Å². The van der Waals surface area contributed by atoms with E-state index in [1.807, 2.05) is 19.1 Å². The van der Waals surface area contributed by atoms with Crippen molar-refractivity contribution in [2.24, 2.45) is 0 Å². The van der Waals surface area contributed by atoms with Gasteiger partial charge in [-0.1, -0.05) is 48.0 Å². The van der Waals surface area contributed by atoms with Gasteiger partial charge < -0.3 is 9.87 Å². The summed E-state index contributed by atoms with van der Waals surface area (Å²) in [6.07, 6.45) is 0. The second-order valence-corrected chi connectivity index (χ2v) is 5.75. The third kappa shape index (κ3) is 3.56. The highest BCUT2D eigenvalue weighted by molar-refractivity contribution is 7.86. The average Bonchev–Trinajstić information content (AvgIpc) is 2.37. The fourth-order valence-electron chi connectivity index (χ4n) is 1.75. The van der Waals surface area contributed by atoms with Crippen molar-refractivity contribution in [1.82, 2.24) is 0 Å². The van der Waals surface area contributed by atoms with Crippen molar-refractivity contribution in [3.8, 4) is 0 Å². The molecule has 1 N–H and O–H groups in total. The minimum Gasteiger partial charge on any atom is -0.746 e. The molecule has 100 valence electrons. The van der Waals surface area contributed by atoms with Crippen LogP contribution in [0.4, 0.5) is 5.69 Å². The summed E-state index contributed by atoms with van der Waals surface area (Å²) in [7, 11) is -4.49. The van der Waals surface area contributed by atoms with Crippen molar-refractivity contribution in [1.29, 1.82) is 0 Å². The van der Waals surface area contributed by atoms with Crippen LogP contribution in [0.2, 0.25) is 0 Å². The van der Waals surface area contributed by atoms with Gasteiger partial charge in [0.25, 0.3) is 0 Å². The summed E-state index contributed by atoms with van der Waals surface area (Å²) in [5, 5.41) is 1.48. The van der Waals surface area contributed by atoms with Gasteiger partial charge in [0.05, 0.1) is 0 Å². The standard InChI is InChI=1S/C14H15NO3S/c1-11-7-9-13(10-8-11)15-14(19(16,17)18)12-5-3-2-4-6-12/h2-10,14-15H,1H3,(H,16,17,18)/p-1. The van der Waals surface area contributed by atoms with Crippen LogP contribution < -0.4 is 5.32 Å². The smallest absolute Gasteiger partial charge is 0.143 e. The average molecular weight is 276 g/mol. The number of nitrogens with one attached hydrogen (secondary N) is 1. The van der Waals surface area contributed by atoms with Crippen molar-refractivity contribution in [3.63, 3.8) is 0 Å². The monoisotopic (exact) mass is 276 g/mol. The molecule has 1 atom stereocenters. The van der Waals surface area contributed by atoms with Crippen molar-refractivity contribution in [2.75, 3.05) is 5.32 Å². The van der Waals surface area contributed by atoms with Crippen LogP contribution >= 0.6 is 0 Å². The van der Waals surface area contributed by atoms with E-state index in [1.165, 1.54) is 0 Å². The van der Waals surface area contributed by atoms with Crippen LogP contribution in [0.25, 0.3) is 0 Å². The van der Waals surface area contributed by atoms with Crippen LogP contribution in [-0.2, 0) is 10.1 Å². The topological polar surface area (TPSA) is 69.2 Å². The lowest BCUT2D eigenvalue weighted by molar-refractivity contribution is 0.454. The molecular formula is C14H14NO3S-. The second-order valence-electron chi connectivity index (χ2n) is 4.29. The predicted molar refractivity (Wildman–Crippen MR) is 73.7 cm³/mol. The van der Waals surface area contributed by atoms with Gasteiger partial charge in [0.15, 0.2) is 0 Å². The van der Waals surface area contributed by atoms with Crippen LogP contribution in [0.5, 0.6) is 0 Å². The number of anilines is 1. The molecule has 0 fully saturated rings. The summed E-state index contributed by atoms with van der Waals surface area (Å²) >= 11 is 0. The zero-order chi connectivity index (χ0) is 13.9. The van der Waals surface area contributed by atoms with E-state index in [0.717, 1.165) is 5.56 Å². The lowest BCUT2D eigenvalue weighted by Crippen LogP contribution is -2.20. The molecule has 0 aliphatic carbocycles. The molecule has 0 saturated heterocycles. The van der Waals surface area contributed by atoms with Gasteiger partial charge in [-0.15, -0.1) is 0 Å². The van der Waals surface area contributed by atoms with Crippen LogP contribution in [0.15, 0.2) is 54.6 Å². The second kappa shape index (κ2) is 5.42. The van der Waals surface area contributed by atoms with Crippen molar-refractivity contribution in [2.45, 2.75) is 12.3 Å². The number of benzene rings is 2. The molecule has 0 heterocycles. The molecule has 0 bridgehead atoms. The summed E-state index contributed by atoms with van der Waals surface area (Å²) in [6.45, 7) is 1.93. The molecule has 19 heavy (non-hydrogen) atoms. The molecule has 0 aliphatic rings. The van der Waals surface area contributed by atoms with E-state index in [2.05, 4.69) is 5.32 Å². The van der Waals surface area contributed by atoms with E-state index >= 15 is 0 Å². The molecule has 0 radical (unpaired) electrons. The van der Waals surface area contributed by atoms with E-state index in [9.17, 15) is 13.0 Å². The van der Waals surface area contributed by atoms with Crippen molar-refractivity contribution in [3.05, 3.63) is 65.7 Å². The summed E-state index contributed by atoms with van der Waals surface area (Å²) in [6, 6.07) is 15.6. The van der Waals surface area contributed by atoms with Gasteiger partial charge in [-0.25, -0.2) is 8.42 Å². The molecule has 2 aromatic rings. The van der Waals surface area contributed by atoms with Gasteiger partial charge in [0, 0.05) is 5.69 Å². The Morgan fingerprint density at radius 1 is 1.00 bits per heavy atom. The van der Waals surface area contributed by atoms with Gasteiger partial charge in [-0.3, -0.25) is 0 Å². The molecular weight excluding hydrogens is 262 g/mol. The quantitative estimate of drug-likeness (QED) is 0.872. The Morgan fingerprint density at radius 3 is 2.11 bits per heavy atom. The van der Waals surface area contributed by atoms with E-state index < -0.39 is 15.5 Å². The van der Waals surface area contributed by atoms with E-state index in [0.29, 0.717) is 11.3 Å². The molecule has 1 unspecified atom stereocenters. The zero-order valence-electron chi connectivity index (χ0n) is 10.4. The van der Waals surface area contributed by atoms with Crippen LogP contribution in [0, 0.1) is 6.92 Å². The Bertz CT molecular complexity index is 636. The lowest BCUT2D eigenvalue weighted by Gasteiger charge is -2.23. The molecule has 0 amide bonds. The molecule has 2 aromatic carbocycles. The molecule has 0 saturated carbocycles. The fraction of sp³-hybridized carbons (Fsp3) is 0.143. The largest absolute Gasteiger partial charge is 0.746 e. The first-order valence-corrected chi connectivity index (χ1v) is 7.27. The number of rotatable bonds is 4. The normalized spacial score (nSPS) is 12.9. The van der Waals surface area contributed by atoms with E-state index in [-0.39, 0.29) is 0 Å². The fourth-order valence-corrected chi connectivity index (χ4v) is 2.52. The minimum atomic E-state index is -4.49. The predicted octanol–water partition coefficient (Wildman–Crippen LogP) is 2.65. The third-order valence-corrected chi connectivity index (χ3v) is 3.71. The summed E-state index contributed by atoms with van der Waals surface area (Å²) in [5.74, 6) is 0. The summed E-state index contributed by atoms with van der Waals surface area (Å²) < 4.78 is 34.2. The first kappa shape index (κ1) is 13.6. The van der Waals surface area contributed by atoms with E-state index in [4.69, 9.17) is 0 Å². The molecule has 2 rings (SSSR count). The highest BCUT2D eigenvalue weighted by Gasteiger charge is 2.17. The molecule has 0 aromatic heterocycles. The zero-order valence-corrected chi connectivity index (χ0v) is 11.2. The number of aryl methyl sites for hydroxylation is 1. The lowest BCUT2D eigenvalue weighted by atomic mass is 10.2. The Morgan fingerprint density at radius 2 is 1.58 bits per heavy atom. The Hall–Kier alpha value is -1.85. The molecule has 5 heteroatoms. The van der Waals surface area contributed by atoms with Crippen LogP contribution in [-0.4, -0.2) is 13.0 Å². The first-order chi connectivity index (χ1) is 8.97. The van der Waals surface area contributed by atoms with Gasteiger partial charge >= 0.3 is 0 Å². The number of hydrogen-bond donors (Lipinski definition) is 1. The van der Waals surface area contributed by atoms with Crippen LogP contribution in [0.1, 0.15) is 16.5 Å². The van der Waals surface area contributed by atoms with Gasteiger partial charge in [0.1, 0.15) is 15.5 Å². The number of hydrogen-bond acceptors (Lipinski definition) is 4. The maximum Gasteiger partial charge on any atom is 0.143 e. The Labute approximate surface area is 112 Å². The highest BCUT2D eigenvalue weighted by atomic mass is 32.2. The van der Waals surface area contributed by atoms with Crippen molar-refractivity contribution >= 4 is 15.8 Å². The van der Waals surface area contributed by atoms with Gasteiger partial charge in [-0.05, 0) is 24.6 Å². The van der Waals surface area contributed by atoms with E-state index in [1.54, 1.807) is 42.5 Å². The SMILES string of the molecule is Cc1ccc(NC(c2ccccc2)S(=O)(=O)[O-])cc1. The third-order valence-electron chi connectivity index (χ3n) is 2.74. The summed E-state index contributed by atoms with van der Waals surface area (Å²) in [5.41, 5.74) is 2.09. The maximum absolute atomic E-state index is 11.4. The summed E-state index contributed by atoms with van der Waals surface area (Å²) in [4.78, 5) is 0. The Kier molecular flexibility index (Phi) is 3.87. The maximum atomic E-state index is 11.4. The van der Waals surface area contributed by atoms with Crippen molar-refractivity contribution < 1.29 is 13.0 Å². The Balaban J connectivity index is 2.33. The van der Waals surface area contributed by atoms with Gasteiger partial charge in [0.2, 0.25) is 0 Å².